The number of likely N-dealkylation sites (tertiary alicyclic amines) is 1. The minimum atomic E-state index is -0.434. The Morgan fingerprint density at radius 1 is 1.42 bits per heavy atom. The molecule has 3 heterocycles. The van der Waals surface area contributed by atoms with Crippen LogP contribution in [-0.2, 0) is 23.9 Å². The van der Waals surface area contributed by atoms with Crippen LogP contribution >= 0.6 is 0 Å². The number of tetrazole rings is 1. The number of carbonyl (C=O) groups excluding carboxylic acids is 1. The summed E-state index contributed by atoms with van der Waals surface area (Å²) in [5, 5.41) is 16.5. The first-order chi connectivity index (χ1) is 12.4. The van der Waals surface area contributed by atoms with E-state index < -0.39 is 5.54 Å². The van der Waals surface area contributed by atoms with Crippen LogP contribution in [0.2, 0.25) is 0 Å². The molecule has 0 aromatic carbocycles. The molecule has 0 saturated carbocycles. The zero-order valence-electron chi connectivity index (χ0n) is 16.0. The fourth-order valence-corrected chi connectivity index (χ4v) is 3.41. The highest BCUT2D eigenvalue weighted by Crippen LogP contribution is 2.35. The number of aromatic nitrogens is 6. The fraction of sp³-hybridized carbons (Fsp3) is 0.688. The molecule has 1 fully saturated rings. The molecule has 0 N–H and O–H groups in total. The highest BCUT2D eigenvalue weighted by molar-refractivity contribution is 5.92. The van der Waals surface area contributed by atoms with Crippen LogP contribution in [0, 0.1) is 6.92 Å². The molecule has 0 radical (unpaired) electrons. The average Bonchev–Trinajstić information content (AvgIpc) is 3.32. The van der Waals surface area contributed by atoms with Gasteiger partial charge in [-0.2, -0.15) is 5.10 Å². The van der Waals surface area contributed by atoms with Gasteiger partial charge in [-0.25, -0.2) is 4.68 Å². The lowest BCUT2D eigenvalue weighted by atomic mass is 9.96. The lowest BCUT2D eigenvalue weighted by Gasteiger charge is -2.34. The molecular weight excluding hydrogens is 336 g/mol. The number of rotatable bonds is 6. The summed E-state index contributed by atoms with van der Waals surface area (Å²) >= 11 is 0. The molecule has 1 aliphatic rings. The van der Waals surface area contributed by atoms with Crippen molar-refractivity contribution in [2.45, 2.75) is 25.4 Å². The van der Waals surface area contributed by atoms with Crippen molar-refractivity contribution >= 4 is 5.91 Å². The number of nitrogens with zero attached hydrogens (tertiary/aromatic N) is 8. The summed E-state index contributed by atoms with van der Waals surface area (Å²) in [6, 6.07) is 1.82. The number of ether oxygens (including phenoxy) is 1. The van der Waals surface area contributed by atoms with Crippen LogP contribution in [0.25, 0.3) is 0 Å². The molecule has 2 aromatic rings. The van der Waals surface area contributed by atoms with Crippen LogP contribution in [0.4, 0.5) is 0 Å². The van der Waals surface area contributed by atoms with E-state index >= 15 is 0 Å². The van der Waals surface area contributed by atoms with Crippen molar-refractivity contribution in [3.63, 3.8) is 0 Å². The SMILES string of the molecule is COCCn1nnnc1C1(N(C)C)CCN(C(=O)c2cc(C)n(C)n2)C1. The molecule has 1 amide bonds. The average molecular weight is 362 g/mol. The van der Waals surface area contributed by atoms with E-state index in [9.17, 15) is 4.79 Å². The van der Waals surface area contributed by atoms with Crippen molar-refractivity contribution in [1.29, 1.82) is 0 Å². The van der Waals surface area contributed by atoms with Gasteiger partial charge in [0.1, 0.15) is 5.54 Å². The number of hydrogen-bond acceptors (Lipinski definition) is 7. The van der Waals surface area contributed by atoms with Gasteiger partial charge in [-0.05, 0) is 43.9 Å². The van der Waals surface area contributed by atoms with Gasteiger partial charge in [0.2, 0.25) is 0 Å². The Morgan fingerprint density at radius 3 is 2.81 bits per heavy atom. The summed E-state index contributed by atoms with van der Waals surface area (Å²) < 4.78 is 8.63. The van der Waals surface area contributed by atoms with E-state index in [1.54, 1.807) is 16.5 Å². The summed E-state index contributed by atoms with van der Waals surface area (Å²) in [6.07, 6.45) is 0.755. The van der Waals surface area contributed by atoms with E-state index in [4.69, 9.17) is 4.74 Å². The van der Waals surface area contributed by atoms with Crippen LogP contribution in [-0.4, -0.2) is 86.6 Å². The number of amides is 1. The number of methoxy groups -OCH3 is 1. The van der Waals surface area contributed by atoms with Crippen molar-refractivity contribution in [2.75, 3.05) is 40.9 Å². The van der Waals surface area contributed by atoms with Gasteiger partial charge in [0.15, 0.2) is 11.5 Å². The molecule has 10 nitrogen and oxygen atoms in total. The smallest absolute Gasteiger partial charge is 0.274 e. The Kier molecular flexibility index (Phi) is 5.05. The normalized spacial score (nSPS) is 20.3. The third-order valence-corrected chi connectivity index (χ3v) is 5.18. The maximum absolute atomic E-state index is 12.9. The van der Waals surface area contributed by atoms with Crippen LogP contribution in [0.3, 0.4) is 0 Å². The molecule has 10 heteroatoms. The summed E-state index contributed by atoms with van der Waals surface area (Å²) in [5.41, 5.74) is 0.991. The molecule has 0 spiro atoms. The number of aryl methyl sites for hydroxylation is 2. The molecule has 0 bridgehead atoms. The second kappa shape index (κ2) is 7.12. The quantitative estimate of drug-likeness (QED) is 0.694. The van der Waals surface area contributed by atoms with Crippen molar-refractivity contribution in [3.8, 4) is 0 Å². The van der Waals surface area contributed by atoms with Crippen LogP contribution in [0.5, 0.6) is 0 Å². The first-order valence-electron chi connectivity index (χ1n) is 8.62. The van der Waals surface area contributed by atoms with E-state index in [2.05, 4.69) is 25.5 Å². The first-order valence-corrected chi connectivity index (χ1v) is 8.62. The van der Waals surface area contributed by atoms with Gasteiger partial charge in [-0.3, -0.25) is 14.4 Å². The van der Waals surface area contributed by atoms with Gasteiger partial charge in [-0.1, -0.05) is 0 Å². The summed E-state index contributed by atoms with van der Waals surface area (Å²) in [7, 11) is 7.48. The van der Waals surface area contributed by atoms with E-state index in [0.29, 0.717) is 31.9 Å². The maximum atomic E-state index is 12.9. The Hall–Kier alpha value is -2.33. The third-order valence-electron chi connectivity index (χ3n) is 5.18. The summed E-state index contributed by atoms with van der Waals surface area (Å²) in [5.74, 6) is 0.695. The highest BCUT2D eigenvalue weighted by Gasteiger charge is 2.47. The van der Waals surface area contributed by atoms with Crippen molar-refractivity contribution in [2.24, 2.45) is 7.05 Å². The topological polar surface area (TPSA) is 94.2 Å². The van der Waals surface area contributed by atoms with Crippen LogP contribution in [0.1, 0.15) is 28.4 Å². The lowest BCUT2D eigenvalue weighted by molar-refractivity contribution is 0.0730. The van der Waals surface area contributed by atoms with Crippen molar-refractivity contribution in [1.82, 2.24) is 39.8 Å². The standard InChI is InChI=1S/C16H26N8O2/c1-12-10-13(18-22(12)4)14(25)23-7-6-16(11-23,21(2)3)15-17-19-20-24(15)8-9-26-5/h10H,6-9,11H2,1-5H3. The minimum absolute atomic E-state index is 0.0617. The van der Waals surface area contributed by atoms with Crippen LogP contribution < -0.4 is 0 Å². The van der Waals surface area contributed by atoms with Crippen molar-refractivity contribution < 1.29 is 9.53 Å². The molecule has 1 unspecified atom stereocenters. The highest BCUT2D eigenvalue weighted by atomic mass is 16.5. The molecule has 26 heavy (non-hydrogen) atoms. The van der Waals surface area contributed by atoms with E-state index in [-0.39, 0.29) is 5.91 Å². The molecule has 1 atom stereocenters. The van der Waals surface area contributed by atoms with Gasteiger partial charge >= 0.3 is 0 Å². The fourth-order valence-electron chi connectivity index (χ4n) is 3.41. The number of carbonyl (C=O) groups is 1. The molecule has 3 rings (SSSR count). The van der Waals surface area contributed by atoms with Gasteiger partial charge in [0.05, 0.1) is 13.2 Å². The Bertz CT molecular complexity index is 764. The third kappa shape index (κ3) is 3.10. The Morgan fingerprint density at radius 2 is 2.19 bits per heavy atom. The van der Waals surface area contributed by atoms with E-state index in [0.717, 1.165) is 17.9 Å². The first kappa shape index (κ1) is 18.5. The van der Waals surface area contributed by atoms with Crippen LogP contribution in [0.15, 0.2) is 6.07 Å². The summed E-state index contributed by atoms with van der Waals surface area (Å²) in [6.45, 7) is 4.17. The van der Waals surface area contributed by atoms with E-state index in [1.807, 2.05) is 39.0 Å². The number of hydrogen-bond donors (Lipinski definition) is 0. The Labute approximate surface area is 152 Å². The monoisotopic (exact) mass is 362 g/mol. The predicted octanol–water partition coefficient (Wildman–Crippen LogP) is -0.336. The second-order valence-corrected chi connectivity index (χ2v) is 6.92. The van der Waals surface area contributed by atoms with Gasteiger partial charge in [0.25, 0.3) is 5.91 Å². The largest absolute Gasteiger partial charge is 0.383 e. The predicted molar refractivity (Wildman–Crippen MR) is 93.5 cm³/mol. The van der Waals surface area contributed by atoms with Gasteiger partial charge in [-0.15, -0.1) is 5.10 Å². The zero-order valence-corrected chi connectivity index (χ0v) is 16.0. The second-order valence-electron chi connectivity index (χ2n) is 6.92. The van der Waals surface area contributed by atoms with Gasteiger partial charge in [0, 0.05) is 32.9 Å². The zero-order chi connectivity index (χ0) is 18.9. The molecule has 2 aromatic heterocycles. The molecule has 1 saturated heterocycles. The Balaban J connectivity index is 1.86. The molecule has 1 aliphatic heterocycles. The molecule has 0 aliphatic carbocycles. The van der Waals surface area contributed by atoms with E-state index in [1.165, 1.54) is 0 Å². The minimum Gasteiger partial charge on any atom is -0.383 e. The molecule has 142 valence electrons. The maximum Gasteiger partial charge on any atom is 0.274 e. The summed E-state index contributed by atoms with van der Waals surface area (Å²) in [4.78, 5) is 16.8. The van der Waals surface area contributed by atoms with Crippen molar-refractivity contribution in [3.05, 3.63) is 23.3 Å². The lowest BCUT2D eigenvalue weighted by Crippen LogP contribution is -2.47. The molecular formula is C16H26N8O2. The van der Waals surface area contributed by atoms with Gasteiger partial charge < -0.3 is 9.64 Å². The number of likely N-dealkylation sites (N-methyl/N-ethyl adjacent to an activating group) is 1.